The third kappa shape index (κ3) is 5.37. The summed E-state index contributed by atoms with van der Waals surface area (Å²) >= 11 is 0. The van der Waals surface area contributed by atoms with Crippen LogP contribution in [-0.2, 0) is 0 Å². The van der Waals surface area contributed by atoms with Crippen LogP contribution in [-0.4, -0.2) is 36.9 Å². The van der Waals surface area contributed by atoms with Crippen LogP contribution in [0.25, 0.3) is 0 Å². The van der Waals surface area contributed by atoms with E-state index < -0.39 is 12.2 Å². The smallest absolute Gasteiger partial charge is 0.269 e. The van der Waals surface area contributed by atoms with Crippen LogP contribution in [0.3, 0.4) is 0 Å². The summed E-state index contributed by atoms with van der Waals surface area (Å²) in [6.07, 6.45) is 0.546. The molecule has 0 saturated carbocycles. The van der Waals surface area contributed by atoms with Gasteiger partial charge in [-0.05, 0) is 12.1 Å². The molecule has 1 aromatic carbocycles. The second-order valence-corrected chi connectivity index (χ2v) is 9.57. The normalized spacial score (nSPS) is 10.5. The van der Waals surface area contributed by atoms with E-state index in [2.05, 4.69) is 20.0 Å². The van der Waals surface area contributed by atoms with Crippen molar-refractivity contribution in [2.75, 3.05) is 26.2 Å². The van der Waals surface area contributed by atoms with Gasteiger partial charge in [0.25, 0.3) is 5.69 Å². The Morgan fingerprint density at radius 3 is 2.06 bits per heavy atom. The monoisotopic (exact) mass is 319 g/mol. The van der Waals surface area contributed by atoms with Gasteiger partial charge < -0.3 is 17.0 Å². The summed E-state index contributed by atoms with van der Waals surface area (Å²) in [6, 6.07) is 5.79. The van der Waals surface area contributed by atoms with Crippen molar-refractivity contribution in [3.05, 3.63) is 39.9 Å². The number of carbonyl (C=O) groups is 1. The summed E-state index contributed by atoms with van der Waals surface area (Å²) in [5, 5.41) is 10.4. The molecule has 0 unspecified atom stereocenters. The van der Waals surface area contributed by atoms with Gasteiger partial charge in [-0.3, -0.25) is 14.9 Å². The van der Waals surface area contributed by atoms with E-state index in [-0.39, 0.29) is 28.5 Å². The van der Waals surface area contributed by atoms with Crippen LogP contribution in [0, 0.1) is 10.1 Å². The predicted molar refractivity (Wildman–Crippen MR) is 67.0 cm³/mol. The lowest BCUT2D eigenvalue weighted by Crippen LogP contribution is -3.00. The summed E-state index contributed by atoms with van der Waals surface area (Å²) in [6.45, 7) is 6.28. The summed E-state index contributed by atoms with van der Waals surface area (Å²) in [5.41, 5.74) is 0.572. The van der Waals surface area contributed by atoms with E-state index >= 15 is 0 Å². The van der Waals surface area contributed by atoms with Crippen molar-refractivity contribution in [2.45, 2.75) is 0 Å². The van der Waals surface area contributed by atoms with Gasteiger partial charge in [0.05, 0.1) is 4.92 Å². The molecule has 0 bridgehead atoms. The molecule has 17 heavy (non-hydrogen) atoms. The van der Waals surface area contributed by atoms with E-state index in [1.807, 2.05) is 0 Å². The number of nitrogens with zero attached hydrogens (tertiary/aromatic N) is 1. The number of ketones is 1. The van der Waals surface area contributed by atoms with Gasteiger partial charge >= 0.3 is 0 Å². The number of non-ortho nitro benzene ring substituents is 1. The Kier molecular flexibility index (Phi) is 5.93. The summed E-state index contributed by atoms with van der Waals surface area (Å²) in [7, 11) is -1.15. The van der Waals surface area contributed by atoms with Gasteiger partial charge in [-0.2, -0.15) is 0 Å². The van der Waals surface area contributed by atoms with Gasteiger partial charge in [0.2, 0.25) is 0 Å². The first-order valence-electron chi connectivity index (χ1n) is 4.88. The second kappa shape index (κ2) is 6.22. The minimum atomic E-state index is -1.15. The lowest BCUT2D eigenvalue weighted by molar-refractivity contribution is -0.384. The third-order valence-corrected chi connectivity index (χ3v) is 3.25. The molecule has 4 nitrogen and oxygen atoms in total. The zero-order chi connectivity index (χ0) is 12.3. The molecular weight excluding hydrogens is 305 g/mol. The molecule has 1 rings (SSSR count). The van der Waals surface area contributed by atoms with Gasteiger partial charge in [0.1, 0.15) is 6.16 Å². The van der Waals surface area contributed by atoms with Crippen molar-refractivity contribution in [1.29, 1.82) is 0 Å². The van der Waals surface area contributed by atoms with Gasteiger partial charge in [0.15, 0.2) is 5.78 Å². The molecule has 1 aromatic rings. The highest BCUT2D eigenvalue weighted by Gasteiger charge is 2.23. The molecular formula is C11H15BrNO3P. The first-order chi connectivity index (χ1) is 7.29. The van der Waals surface area contributed by atoms with E-state index in [9.17, 15) is 14.9 Å². The molecule has 0 amide bonds. The Labute approximate surface area is 112 Å². The number of carbonyl (C=O) groups excluding carboxylic acids is 1. The number of nitro groups is 1. The van der Waals surface area contributed by atoms with Crippen LogP contribution in [0.1, 0.15) is 10.4 Å². The van der Waals surface area contributed by atoms with E-state index in [1.165, 1.54) is 24.3 Å². The molecule has 0 radical (unpaired) electrons. The highest BCUT2D eigenvalue weighted by molar-refractivity contribution is 7.74. The maximum atomic E-state index is 11.8. The van der Waals surface area contributed by atoms with Crippen LogP contribution in [0.5, 0.6) is 0 Å². The Bertz CT molecular complexity index is 412. The number of hydrogen-bond acceptors (Lipinski definition) is 3. The predicted octanol–water partition coefficient (Wildman–Crippen LogP) is -0.312. The number of nitro benzene ring substituents is 1. The molecule has 6 heteroatoms. The zero-order valence-electron chi connectivity index (χ0n) is 10.0. The van der Waals surface area contributed by atoms with Crippen LogP contribution in [0.2, 0.25) is 0 Å². The van der Waals surface area contributed by atoms with Gasteiger partial charge in [-0.1, -0.05) is 0 Å². The first-order valence-corrected chi connectivity index (χ1v) is 8.19. The van der Waals surface area contributed by atoms with Crippen molar-refractivity contribution in [3.8, 4) is 0 Å². The fourth-order valence-electron chi connectivity index (χ4n) is 1.29. The summed E-state index contributed by atoms with van der Waals surface area (Å²) < 4.78 is 0. The number of benzene rings is 1. The van der Waals surface area contributed by atoms with Crippen molar-refractivity contribution >= 4 is 18.7 Å². The SMILES string of the molecule is C[P+](C)(C)CC(=O)c1ccc([N+](=O)[O-])cc1.[Br-]. The quantitative estimate of drug-likeness (QED) is 0.331. The largest absolute Gasteiger partial charge is 1.00 e. The topological polar surface area (TPSA) is 60.2 Å². The van der Waals surface area contributed by atoms with Crippen molar-refractivity contribution < 1.29 is 26.7 Å². The standard InChI is InChI=1S/C11H15NO3P.BrH/c1-16(2,3)8-11(13)9-4-6-10(7-5-9)12(14)15;/h4-7H,8H2,1-3H3;1H/q+1;/p-1. The van der Waals surface area contributed by atoms with Gasteiger partial charge in [0, 0.05) is 45.0 Å². The maximum absolute atomic E-state index is 11.8. The summed E-state index contributed by atoms with van der Waals surface area (Å²) in [5.74, 6) is 0.0655. The maximum Gasteiger partial charge on any atom is 0.269 e. The van der Waals surface area contributed by atoms with E-state index in [0.717, 1.165) is 0 Å². The molecule has 0 heterocycles. The molecule has 0 fully saturated rings. The molecule has 0 spiro atoms. The molecule has 0 aliphatic carbocycles. The lowest BCUT2D eigenvalue weighted by Gasteiger charge is -2.10. The Balaban J connectivity index is 0.00000256. The van der Waals surface area contributed by atoms with E-state index in [0.29, 0.717) is 11.7 Å². The molecule has 0 aromatic heterocycles. The van der Waals surface area contributed by atoms with E-state index in [1.54, 1.807) is 0 Å². The summed E-state index contributed by atoms with van der Waals surface area (Å²) in [4.78, 5) is 21.8. The Morgan fingerprint density at radius 1 is 1.24 bits per heavy atom. The minimum absolute atomic E-state index is 0. The Morgan fingerprint density at radius 2 is 1.71 bits per heavy atom. The van der Waals surface area contributed by atoms with Crippen molar-refractivity contribution in [3.63, 3.8) is 0 Å². The number of halogens is 1. The number of rotatable bonds is 4. The van der Waals surface area contributed by atoms with Crippen LogP contribution in [0.4, 0.5) is 5.69 Å². The van der Waals surface area contributed by atoms with Crippen LogP contribution >= 0.6 is 7.26 Å². The lowest BCUT2D eigenvalue weighted by atomic mass is 10.1. The average Bonchev–Trinajstić information content (AvgIpc) is 2.15. The van der Waals surface area contributed by atoms with Gasteiger partial charge in [-0.25, -0.2) is 0 Å². The molecule has 0 atom stereocenters. The molecule has 94 valence electrons. The number of Topliss-reactive ketones (excluding diaryl/α,β-unsaturated/α-hetero) is 1. The van der Waals surface area contributed by atoms with Crippen LogP contribution in [0.15, 0.2) is 24.3 Å². The second-order valence-electron chi connectivity index (χ2n) is 4.68. The molecule has 0 saturated heterocycles. The highest BCUT2D eigenvalue weighted by Crippen LogP contribution is 2.46. The number of hydrogen-bond donors (Lipinski definition) is 0. The first kappa shape index (κ1) is 16.2. The fraction of sp³-hybridized carbons (Fsp3) is 0.364. The third-order valence-electron chi connectivity index (χ3n) is 2.02. The zero-order valence-corrected chi connectivity index (χ0v) is 12.5. The van der Waals surface area contributed by atoms with Crippen molar-refractivity contribution in [2.24, 2.45) is 0 Å². The minimum Gasteiger partial charge on any atom is -1.00 e. The van der Waals surface area contributed by atoms with E-state index in [4.69, 9.17) is 0 Å². The molecule has 0 aliphatic heterocycles. The highest BCUT2D eigenvalue weighted by atomic mass is 79.9. The molecule has 0 aliphatic rings. The average molecular weight is 320 g/mol. The fourth-order valence-corrected chi connectivity index (χ4v) is 2.34. The van der Waals surface area contributed by atoms with Gasteiger partial charge in [-0.15, -0.1) is 0 Å². The van der Waals surface area contributed by atoms with Crippen LogP contribution < -0.4 is 17.0 Å². The Hall–Kier alpha value is -0.800. The van der Waals surface area contributed by atoms with Crippen molar-refractivity contribution in [1.82, 2.24) is 0 Å². The molecule has 0 N–H and O–H groups in total.